The number of nitrogens with zero attached hydrogens (tertiary/aromatic N) is 2. The molecule has 0 bridgehead atoms. The molecule has 0 radical (unpaired) electrons. The first-order valence-corrected chi connectivity index (χ1v) is 11.7. The van der Waals surface area contributed by atoms with E-state index in [0.717, 1.165) is 40.9 Å². The first kappa shape index (κ1) is 22.5. The van der Waals surface area contributed by atoms with Crippen LogP contribution in [0.5, 0.6) is 0 Å². The number of halogens is 3. The summed E-state index contributed by atoms with van der Waals surface area (Å²) in [7, 11) is 0. The molecule has 32 heavy (non-hydrogen) atoms. The molecule has 2 aromatic carbocycles. The fourth-order valence-electron chi connectivity index (χ4n) is 3.24. The van der Waals surface area contributed by atoms with Crippen molar-refractivity contribution < 1.29 is 18.0 Å². The number of carbonyl (C=O) groups excluding carboxylic acids is 1. The molecule has 0 spiro atoms. The summed E-state index contributed by atoms with van der Waals surface area (Å²) in [5, 5.41) is 2.90. The summed E-state index contributed by atoms with van der Waals surface area (Å²) in [6, 6.07) is 13.9. The summed E-state index contributed by atoms with van der Waals surface area (Å²) < 4.78 is 40.2. The van der Waals surface area contributed by atoms with Crippen molar-refractivity contribution in [1.29, 1.82) is 0 Å². The van der Waals surface area contributed by atoms with E-state index in [0.29, 0.717) is 23.0 Å². The van der Waals surface area contributed by atoms with Crippen LogP contribution in [-0.2, 0) is 23.9 Å². The molecule has 10 heteroatoms. The minimum absolute atomic E-state index is 0.0606. The second-order valence-electron chi connectivity index (χ2n) is 7.06. The lowest BCUT2D eigenvalue weighted by Gasteiger charge is -2.14. The molecule has 0 aliphatic carbocycles. The Morgan fingerprint density at radius 2 is 1.94 bits per heavy atom. The number of anilines is 1. The Bertz CT molecular complexity index is 1200. The van der Waals surface area contributed by atoms with Gasteiger partial charge in [-0.3, -0.25) is 14.2 Å². The highest BCUT2D eigenvalue weighted by Gasteiger charge is 2.30. The second kappa shape index (κ2) is 9.41. The van der Waals surface area contributed by atoms with Gasteiger partial charge in [-0.05, 0) is 23.8 Å². The van der Waals surface area contributed by atoms with Crippen LogP contribution in [0.1, 0.15) is 16.8 Å². The highest BCUT2D eigenvalue weighted by atomic mass is 32.2. The number of hydrogen-bond acceptors (Lipinski definition) is 5. The van der Waals surface area contributed by atoms with Crippen LogP contribution in [0.4, 0.5) is 18.9 Å². The summed E-state index contributed by atoms with van der Waals surface area (Å²) in [5.74, 6) is 0.209. The molecule has 1 aromatic heterocycles. The number of fused-ring (bicyclic) bond motifs is 1. The number of alkyl halides is 3. The summed E-state index contributed by atoms with van der Waals surface area (Å²) >= 11 is 2.57. The maximum Gasteiger partial charge on any atom is 0.416 e. The monoisotopic (exact) mass is 477 g/mol. The maximum absolute atomic E-state index is 13.0. The Labute approximate surface area is 190 Å². The lowest BCUT2D eigenvalue weighted by atomic mass is 10.2. The van der Waals surface area contributed by atoms with E-state index in [1.165, 1.54) is 23.9 Å². The van der Waals surface area contributed by atoms with E-state index in [-0.39, 0.29) is 17.0 Å². The molecular formula is C22H18F3N3O2S2. The SMILES string of the molecule is O=C(CSc1nc2c(c(=O)n1Cc1ccccc1)SCC2)Nc1cccc(C(F)(F)F)c1. The number of hydrogen-bond donors (Lipinski definition) is 1. The molecule has 0 saturated heterocycles. The number of thioether (sulfide) groups is 2. The van der Waals surface area contributed by atoms with E-state index < -0.39 is 17.6 Å². The van der Waals surface area contributed by atoms with E-state index in [1.807, 2.05) is 30.3 Å². The predicted octanol–water partition coefficient (Wildman–Crippen LogP) is 4.69. The van der Waals surface area contributed by atoms with Gasteiger partial charge in [-0.1, -0.05) is 48.2 Å². The third-order valence-corrected chi connectivity index (χ3v) is 6.82. The smallest absolute Gasteiger partial charge is 0.325 e. The van der Waals surface area contributed by atoms with Crippen molar-refractivity contribution in [3.05, 3.63) is 81.8 Å². The van der Waals surface area contributed by atoms with Crippen molar-refractivity contribution in [2.45, 2.75) is 29.2 Å². The van der Waals surface area contributed by atoms with Crippen LogP contribution in [0, 0.1) is 0 Å². The number of carbonyl (C=O) groups is 1. The Morgan fingerprint density at radius 3 is 2.69 bits per heavy atom. The van der Waals surface area contributed by atoms with E-state index in [4.69, 9.17) is 0 Å². The van der Waals surface area contributed by atoms with Gasteiger partial charge < -0.3 is 5.32 Å². The first-order chi connectivity index (χ1) is 15.3. The lowest BCUT2D eigenvalue weighted by Crippen LogP contribution is -2.26. The van der Waals surface area contributed by atoms with Gasteiger partial charge in [0, 0.05) is 17.9 Å². The molecule has 0 atom stereocenters. The lowest BCUT2D eigenvalue weighted by molar-refractivity contribution is -0.137. The van der Waals surface area contributed by atoms with Crippen molar-refractivity contribution in [3.8, 4) is 0 Å². The molecule has 0 fully saturated rings. The minimum Gasteiger partial charge on any atom is -0.325 e. The molecular weight excluding hydrogens is 459 g/mol. The zero-order valence-electron chi connectivity index (χ0n) is 16.7. The highest BCUT2D eigenvalue weighted by molar-refractivity contribution is 8.00. The number of aromatic nitrogens is 2. The van der Waals surface area contributed by atoms with E-state index >= 15 is 0 Å². The molecule has 0 saturated carbocycles. The van der Waals surface area contributed by atoms with Crippen molar-refractivity contribution in [3.63, 3.8) is 0 Å². The summed E-state index contributed by atoms with van der Waals surface area (Å²) in [6.45, 7) is 0.318. The zero-order valence-corrected chi connectivity index (χ0v) is 18.3. The fourth-order valence-corrected chi connectivity index (χ4v) is 5.10. The second-order valence-corrected chi connectivity index (χ2v) is 9.11. The molecule has 0 unspecified atom stereocenters. The van der Waals surface area contributed by atoms with Gasteiger partial charge in [0.05, 0.1) is 28.5 Å². The van der Waals surface area contributed by atoms with Crippen LogP contribution in [0.3, 0.4) is 0 Å². The van der Waals surface area contributed by atoms with Crippen molar-refractivity contribution in [1.82, 2.24) is 9.55 Å². The van der Waals surface area contributed by atoms with E-state index in [2.05, 4.69) is 10.3 Å². The standard InChI is InChI=1S/C22H18F3N3O2S2/c23-22(24,25)15-7-4-8-16(11-15)26-18(29)13-32-21-27-17-9-10-31-19(17)20(30)28(21)12-14-5-2-1-3-6-14/h1-8,11H,9-10,12-13H2,(H,26,29). The molecule has 4 rings (SSSR count). The topological polar surface area (TPSA) is 64.0 Å². The molecule has 1 aliphatic rings. The number of nitrogens with one attached hydrogen (secondary N) is 1. The number of rotatable bonds is 6. The molecule has 166 valence electrons. The van der Waals surface area contributed by atoms with Gasteiger partial charge in [-0.2, -0.15) is 13.2 Å². The normalized spacial score (nSPS) is 13.1. The Morgan fingerprint density at radius 1 is 1.16 bits per heavy atom. The third-order valence-electron chi connectivity index (χ3n) is 4.74. The first-order valence-electron chi connectivity index (χ1n) is 9.71. The van der Waals surface area contributed by atoms with Crippen molar-refractivity contribution in [2.75, 3.05) is 16.8 Å². The Kier molecular flexibility index (Phi) is 6.61. The largest absolute Gasteiger partial charge is 0.416 e. The highest BCUT2D eigenvalue weighted by Crippen LogP contribution is 2.31. The quantitative estimate of drug-likeness (QED) is 0.412. The number of benzene rings is 2. The van der Waals surface area contributed by atoms with Gasteiger partial charge in [0.25, 0.3) is 5.56 Å². The van der Waals surface area contributed by atoms with Crippen LogP contribution in [0.25, 0.3) is 0 Å². The van der Waals surface area contributed by atoms with E-state index in [9.17, 15) is 22.8 Å². The van der Waals surface area contributed by atoms with Crippen LogP contribution >= 0.6 is 23.5 Å². The molecule has 3 aromatic rings. The van der Waals surface area contributed by atoms with Crippen LogP contribution in [0.15, 0.2) is 69.4 Å². The molecule has 1 aliphatic heterocycles. The number of aryl methyl sites for hydroxylation is 1. The van der Waals surface area contributed by atoms with Gasteiger partial charge in [0.2, 0.25) is 5.91 Å². The van der Waals surface area contributed by atoms with Crippen LogP contribution < -0.4 is 10.9 Å². The van der Waals surface area contributed by atoms with Gasteiger partial charge >= 0.3 is 6.18 Å². The molecule has 5 nitrogen and oxygen atoms in total. The van der Waals surface area contributed by atoms with Crippen molar-refractivity contribution >= 4 is 35.1 Å². The minimum atomic E-state index is -4.49. The summed E-state index contributed by atoms with van der Waals surface area (Å²) in [6.07, 6.45) is -3.80. The Balaban J connectivity index is 1.52. The van der Waals surface area contributed by atoms with Crippen LogP contribution in [-0.4, -0.2) is 27.0 Å². The number of amides is 1. The van der Waals surface area contributed by atoms with Gasteiger partial charge in [-0.25, -0.2) is 4.98 Å². The zero-order chi connectivity index (χ0) is 22.7. The predicted molar refractivity (Wildman–Crippen MR) is 119 cm³/mol. The fraction of sp³-hybridized carbons (Fsp3) is 0.227. The van der Waals surface area contributed by atoms with E-state index in [1.54, 1.807) is 4.57 Å². The average molecular weight is 478 g/mol. The molecule has 1 amide bonds. The summed E-state index contributed by atoms with van der Waals surface area (Å²) in [5.41, 5.74) is 0.740. The van der Waals surface area contributed by atoms with Gasteiger partial charge in [0.15, 0.2) is 5.16 Å². The van der Waals surface area contributed by atoms with Crippen molar-refractivity contribution in [2.24, 2.45) is 0 Å². The maximum atomic E-state index is 13.0. The van der Waals surface area contributed by atoms with Gasteiger partial charge in [-0.15, -0.1) is 11.8 Å². The molecule has 1 N–H and O–H groups in total. The van der Waals surface area contributed by atoms with Crippen LogP contribution in [0.2, 0.25) is 0 Å². The Hall–Kier alpha value is -2.72. The third kappa shape index (κ3) is 5.18. The summed E-state index contributed by atoms with van der Waals surface area (Å²) in [4.78, 5) is 30.7. The average Bonchev–Trinajstić information content (AvgIpc) is 3.24. The molecule has 2 heterocycles. The van der Waals surface area contributed by atoms with Gasteiger partial charge in [0.1, 0.15) is 0 Å².